The van der Waals surface area contributed by atoms with Gasteiger partial charge in [0.2, 0.25) is 0 Å². The zero-order chi connectivity index (χ0) is 11.5. The molecule has 86 valence electrons. The van der Waals surface area contributed by atoms with Gasteiger partial charge in [-0.05, 0) is 24.6 Å². The van der Waals surface area contributed by atoms with Gasteiger partial charge >= 0.3 is 5.97 Å². The van der Waals surface area contributed by atoms with Gasteiger partial charge in [0.05, 0.1) is 13.0 Å². The Hall–Kier alpha value is -1.06. The van der Waals surface area contributed by atoms with E-state index in [2.05, 4.69) is 5.32 Å². The van der Waals surface area contributed by atoms with Gasteiger partial charge in [0.15, 0.2) is 0 Å². The van der Waals surface area contributed by atoms with Crippen molar-refractivity contribution in [1.29, 1.82) is 0 Å². The molecule has 0 radical (unpaired) electrons. The minimum Gasteiger partial charge on any atom is -0.469 e. The summed E-state index contributed by atoms with van der Waals surface area (Å²) < 4.78 is 4.80. The number of halogens is 1. The predicted molar refractivity (Wildman–Crippen MR) is 62.3 cm³/mol. The molecule has 2 atom stereocenters. The van der Waals surface area contributed by atoms with E-state index in [4.69, 9.17) is 16.3 Å². The first kappa shape index (κ1) is 11.4. The van der Waals surface area contributed by atoms with Crippen molar-refractivity contribution >= 4 is 17.6 Å². The summed E-state index contributed by atoms with van der Waals surface area (Å²) in [6.45, 7) is 0.815. The highest BCUT2D eigenvalue weighted by Gasteiger charge is 2.35. The van der Waals surface area contributed by atoms with Gasteiger partial charge in [-0.15, -0.1) is 0 Å². The monoisotopic (exact) mass is 239 g/mol. The molecule has 1 saturated heterocycles. The molecule has 2 rings (SSSR count). The number of hydrogen-bond donors (Lipinski definition) is 1. The fraction of sp³-hybridized carbons (Fsp3) is 0.417. The molecule has 1 aliphatic rings. The van der Waals surface area contributed by atoms with Crippen LogP contribution in [0.15, 0.2) is 24.3 Å². The van der Waals surface area contributed by atoms with E-state index in [0.717, 1.165) is 18.5 Å². The Morgan fingerprint density at radius 2 is 2.25 bits per heavy atom. The second kappa shape index (κ2) is 4.85. The summed E-state index contributed by atoms with van der Waals surface area (Å²) in [5.41, 5.74) is 0.970. The van der Waals surface area contributed by atoms with Crippen LogP contribution in [0.3, 0.4) is 0 Å². The lowest BCUT2D eigenvalue weighted by atomic mass is 9.94. The van der Waals surface area contributed by atoms with Crippen molar-refractivity contribution in [3.05, 3.63) is 34.9 Å². The zero-order valence-electron chi connectivity index (χ0n) is 9.07. The summed E-state index contributed by atoms with van der Waals surface area (Å²) >= 11 is 6.13. The maximum Gasteiger partial charge on any atom is 0.310 e. The summed E-state index contributed by atoms with van der Waals surface area (Å²) in [6.07, 6.45) is 0.794. The molecule has 1 aliphatic heterocycles. The van der Waals surface area contributed by atoms with Crippen molar-refractivity contribution in [3.63, 3.8) is 0 Å². The molecule has 3 nitrogen and oxygen atoms in total. The number of esters is 1. The van der Waals surface area contributed by atoms with Crippen molar-refractivity contribution in [1.82, 2.24) is 5.32 Å². The Labute approximate surface area is 99.7 Å². The van der Waals surface area contributed by atoms with Crippen molar-refractivity contribution in [3.8, 4) is 0 Å². The molecular weight excluding hydrogens is 226 g/mol. The van der Waals surface area contributed by atoms with Gasteiger partial charge in [-0.1, -0.05) is 29.8 Å². The number of nitrogens with one attached hydrogen (secondary N) is 1. The first-order valence-corrected chi connectivity index (χ1v) is 5.67. The average molecular weight is 240 g/mol. The number of rotatable bonds is 2. The molecule has 4 heteroatoms. The van der Waals surface area contributed by atoms with E-state index >= 15 is 0 Å². The van der Waals surface area contributed by atoms with Gasteiger partial charge in [0, 0.05) is 11.1 Å². The SMILES string of the molecule is COC(=O)C1CCNC1c1ccccc1Cl. The highest BCUT2D eigenvalue weighted by atomic mass is 35.5. The molecule has 0 spiro atoms. The summed E-state index contributed by atoms with van der Waals surface area (Å²) in [6, 6.07) is 7.57. The zero-order valence-corrected chi connectivity index (χ0v) is 9.83. The maximum atomic E-state index is 11.6. The summed E-state index contributed by atoms with van der Waals surface area (Å²) in [4.78, 5) is 11.6. The lowest BCUT2D eigenvalue weighted by Gasteiger charge is -2.18. The minimum atomic E-state index is -0.171. The second-order valence-corrected chi connectivity index (χ2v) is 4.28. The Morgan fingerprint density at radius 3 is 2.94 bits per heavy atom. The number of benzene rings is 1. The Kier molecular flexibility index (Phi) is 3.46. The molecule has 0 amide bonds. The number of ether oxygens (including phenoxy) is 1. The van der Waals surface area contributed by atoms with Crippen LogP contribution in [0.2, 0.25) is 5.02 Å². The fourth-order valence-corrected chi connectivity index (χ4v) is 2.42. The smallest absolute Gasteiger partial charge is 0.310 e. The highest BCUT2D eigenvalue weighted by Crippen LogP contribution is 2.34. The van der Waals surface area contributed by atoms with Crippen LogP contribution in [0.1, 0.15) is 18.0 Å². The first-order chi connectivity index (χ1) is 7.74. The van der Waals surface area contributed by atoms with Crippen molar-refractivity contribution in [2.24, 2.45) is 5.92 Å². The van der Waals surface area contributed by atoms with Crippen LogP contribution in [-0.2, 0) is 9.53 Å². The van der Waals surface area contributed by atoms with Crippen LogP contribution in [0, 0.1) is 5.92 Å². The van der Waals surface area contributed by atoms with Crippen LogP contribution < -0.4 is 5.32 Å². The lowest BCUT2D eigenvalue weighted by Crippen LogP contribution is -2.24. The third-order valence-electron chi connectivity index (χ3n) is 2.97. The molecule has 16 heavy (non-hydrogen) atoms. The third kappa shape index (κ3) is 2.06. The molecular formula is C12H14ClNO2. The van der Waals surface area contributed by atoms with Gasteiger partial charge in [0.25, 0.3) is 0 Å². The average Bonchev–Trinajstić information content (AvgIpc) is 2.77. The molecule has 1 aromatic rings. The van der Waals surface area contributed by atoms with E-state index in [1.165, 1.54) is 7.11 Å². The fourth-order valence-electron chi connectivity index (χ4n) is 2.16. The third-order valence-corrected chi connectivity index (χ3v) is 3.31. The lowest BCUT2D eigenvalue weighted by molar-refractivity contribution is -0.145. The maximum absolute atomic E-state index is 11.6. The van der Waals surface area contributed by atoms with Crippen LogP contribution in [0.5, 0.6) is 0 Å². The number of methoxy groups -OCH3 is 1. The number of carbonyl (C=O) groups is 1. The molecule has 0 aromatic heterocycles. The molecule has 1 N–H and O–H groups in total. The minimum absolute atomic E-state index is 0.0267. The topological polar surface area (TPSA) is 38.3 Å². The molecule has 2 unspecified atom stereocenters. The van der Waals surface area contributed by atoms with Gasteiger partial charge in [-0.2, -0.15) is 0 Å². The van der Waals surface area contributed by atoms with Crippen LogP contribution in [-0.4, -0.2) is 19.6 Å². The molecule has 1 aromatic carbocycles. The molecule has 1 heterocycles. The van der Waals surface area contributed by atoms with Crippen molar-refractivity contribution < 1.29 is 9.53 Å². The Morgan fingerprint density at radius 1 is 1.50 bits per heavy atom. The molecule has 0 saturated carbocycles. The van der Waals surface area contributed by atoms with Crippen LogP contribution in [0.25, 0.3) is 0 Å². The Bertz CT molecular complexity index is 394. The normalized spacial score (nSPS) is 24.4. The van der Waals surface area contributed by atoms with Crippen molar-refractivity contribution in [2.45, 2.75) is 12.5 Å². The highest BCUT2D eigenvalue weighted by molar-refractivity contribution is 6.31. The van der Waals surface area contributed by atoms with Gasteiger partial charge in [-0.3, -0.25) is 4.79 Å². The van der Waals surface area contributed by atoms with Crippen LogP contribution in [0.4, 0.5) is 0 Å². The van der Waals surface area contributed by atoms with Gasteiger partial charge in [-0.25, -0.2) is 0 Å². The molecule has 0 aliphatic carbocycles. The largest absolute Gasteiger partial charge is 0.469 e. The Balaban J connectivity index is 2.27. The predicted octanol–water partition coefficient (Wildman–Crippen LogP) is 2.16. The summed E-state index contributed by atoms with van der Waals surface area (Å²) in [5, 5.41) is 3.98. The van der Waals surface area contributed by atoms with Gasteiger partial charge < -0.3 is 10.1 Å². The molecule has 0 bridgehead atoms. The van der Waals surface area contributed by atoms with E-state index in [1.54, 1.807) is 0 Å². The van der Waals surface area contributed by atoms with Crippen molar-refractivity contribution in [2.75, 3.05) is 13.7 Å². The molecule has 1 fully saturated rings. The quantitative estimate of drug-likeness (QED) is 0.804. The van der Waals surface area contributed by atoms with E-state index in [1.807, 2.05) is 24.3 Å². The van der Waals surface area contributed by atoms with E-state index in [0.29, 0.717) is 5.02 Å². The van der Waals surface area contributed by atoms with Crippen LogP contribution >= 0.6 is 11.6 Å². The van der Waals surface area contributed by atoms with E-state index < -0.39 is 0 Å². The number of hydrogen-bond acceptors (Lipinski definition) is 3. The van der Waals surface area contributed by atoms with E-state index in [-0.39, 0.29) is 17.9 Å². The standard InChI is InChI=1S/C12H14ClNO2/c1-16-12(15)9-6-7-14-11(9)8-4-2-3-5-10(8)13/h2-5,9,11,14H,6-7H2,1H3. The summed E-state index contributed by atoms with van der Waals surface area (Å²) in [7, 11) is 1.42. The van der Waals surface area contributed by atoms with Gasteiger partial charge in [0.1, 0.15) is 0 Å². The second-order valence-electron chi connectivity index (χ2n) is 3.87. The van der Waals surface area contributed by atoms with E-state index in [9.17, 15) is 4.79 Å². The first-order valence-electron chi connectivity index (χ1n) is 5.29. The summed E-state index contributed by atoms with van der Waals surface area (Å²) in [5.74, 6) is -0.306. The number of carbonyl (C=O) groups excluding carboxylic acids is 1.